The van der Waals surface area contributed by atoms with Crippen LogP contribution in [-0.4, -0.2) is 0 Å². The van der Waals surface area contributed by atoms with E-state index in [1.807, 2.05) is 37.3 Å². The molecular formula is C10H12O. The summed E-state index contributed by atoms with van der Waals surface area (Å²) in [6, 6.07) is 10.1. The Bertz CT molecular complexity index is 193. The first kappa shape index (κ1) is 8.28. The Morgan fingerprint density at radius 2 is 1.91 bits per heavy atom. The van der Waals surface area contributed by atoms with Crippen molar-refractivity contribution in [1.29, 1.82) is 0 Å². The van der Waals surface area contributed by atoms with Gasteiger partial charge in [0, 0.05) is 0 Å². The van der Waals surface area contributed by atoms with Gasteiger partial charge < -0.3 is 4.74 Å². The maximum atomic E-state index is 5.18. The standard InChI is InChI=1S/C10H12O/c1-3-11-9(2)10-7-5-4-6-8-10/h4-9H,1-2H3. The van der Waals surface area contributed by atoms with Crippen LogP contribution in [0.15, 0.2) is 30.3 Å². The van der Waals surface area contributed by atoms with E-state index in [1.165, 1.54) is 5.56 Å². The van der Waals surface area contributed by atoms with Crippen LogP contribution >= 0.6 is 0 Å². The van der Waals surface area contributed by atoms with E-state index in [2.05, 4.69) is 6.61 Å². The van der Waals surface area contributed by atoms with Crippen molar-refractivity contribution in [3.8, 4) is 0 Å². The molecule has 1 rings (SSSR count). The highest BCUT2D eigenvalue weighted by atomic mass is 16.5. The minimum Gasteiger partial charge on any atom is -0.361 e. The zero-order valence-corrected chi connectivity index (χ0v) is 6.87. The molecule has 0 aromatic heterocycles. The van der Waals surface area contributed by atoms with Crippen molar-refractivity contribution in [2.75, 3.05) is 0 Å². The van der Waals surface area contributed by atoms with Gasteiger partial charge in [-0.3, -0.25) is 0 Å². The van der Waals surface area contributed by atoms with Gasteiger partial charge >= 0.3 is 0 Å². The summed E-state index contributed by atoms with van der Waals surface area (Å²) in [5.74, 6) is 0. The Labute approximate surface area is 68.0 Å². The van der Waals surface area contributed by atoms with Crippen molar-refractivity contribution < 1.29 is 4.74 Å². The average molecular weight is 148 g/mol. The molecule has 2 radical (unpaired) electrons. The van der Waals surface area contributed by atoms with Crippen molar-refractivity contribution in [3.63, 3.8) is 0 Å². The van der Waals surface area contributed by atoms with Gasteiger partial charge in [0.25, 0.3) is 0 Å². The van der Waals surface area contributed by atoms with Crippen LogP contribution in [0.4, 0.5) is 0 Å². The molecule has 1 nitrogen and oxygen atoms in total. The van der Waals surface area contributed by atoms with E-state index in [-0.39, 0.29) is 6.10 Å². The second-order valence-electron chi connectivity index (χ2n) is 2.37. The van der Waals surface area contributed by atoms with Crippen molar-refractivity contribution >= 4 is 0 Å². The van der Waals surface area contributed by atoms with E-state index in [0.717, 1.165) is 0 Å². The predicted molar refractivity (Wildman–Crippen MR) is 44.9 cm³/mol. The molecule has 0 N–H and O–H groups in total. The smallest absolute Gasteiger partial charge is 0.129 e. The quantitative estimate of drug-likeness (QED) is 0.640. The molecule has 0 fully saturated rings. The predicted octanol–water partition coefficient (Wildman–Crippen LogP) is 2.82. The van der Waals surface area contributed by atoms with Crippen molar-refractivity contribution in [3.05, 3.63) is 42.5 Å². The van der Waals surface area contributed by atoms with Gasteiger partial charge in [-0.1, -0.05) is 30.3 Å². The number of hydrogen-bond acceptors (Lipinski definition) is 1. The van der Waals surface area contributed by atoms with Gasteiger partial charge in [0.15, 0.2) is 0 Å². The summed E-state index contributed by atoms with van der Waals surface area (Å²) < 4.78 is 5.18. The Morgan fingerprint density at radius 1 is 1.27 bits per heavy atom. The summed E-state index contributed by atoms with van der Waals surface area (Å²) in [5.41, 5.74) is 1.18. The first-order chi connectivity index (χ1) is 5.34. The molecule has 11 heavy (non-hydrogen) atoms. The molecule has 0 saturated heterocycles. The van der Waals surface area contributed by atoms with E-state index in [0.29, 0.717) is 0 Å². The fourth-order valence-electron chi connectivity index (χ4n) is 0.969. The van der Waals surface area contributed by atoms with Crippen LogP contribution in [0.3, 0.4) is 0 Å². The fourth-order valence-corrected chi connectivity index (χ4v) is 0.969. The molecule has 1 heteroatoms. The minimum absolute atomic E-state index is 0.112. The minimum atomic E-state index is 0.112. The van der Waals surface area contributed by atoms with Crippen LogP contribution in [0.25, 0.3) is 0 Å². The molecular weight excluding hydrogens is 136 g/mol. The highest BCUT2D eigenvalue weighted by Crippen LogP contribution is 2.15. The Balaban J connectivity index is 2.61. The molecule has 1 unspecified atom stereocenters. The number of benzene rings is 1. The Hall–Kier alpha value is -0.820. The first-order valence-electron chi connectivity index (χ1n) is 3.72. The summed E-state index contributed by atoms with van der Waals surface area (Å²) >= 11 is 0. The lowest BCUT2D eigenvalue weighted by Crippen LogP contribution is -1.95. The SMILES string of the molecule is C[C]OC(C)c1ccccc1. The highest BCUT2D eigenvalue weighted by Gasteiger charge is 2.02. The largest absolute Gasteiger partial charge is 0.361 e. The van der Waals surface area contributed by atoms with Gasteiger partial charge in [-0.15, -0.1) is 0 Å². The lowest BCUT2D eigenvalue weighted by molar-refractivity contribution is 0.126. The van der Waals surface area contributed by atoms with Gasteiger partial charge in [-0.05, 0) is 19.4 Å². The second kappa shape index (κ2) is 4.14. The third-order valence-electron chi connectivity index (χ3n) is 1.56. The lowest BCUT2D eigenvalue weighted by atomic mass is 10.1. The molecule has 0 aliphatic heterocycles. The first-order valence-corrected chi connectivity index (χ1v) is 3.72. The molecule has 0 heterocycles. The van der Waals surface area contributed by atoms with Crippen molar-refractivity contribution in [2.24, 2.45) is 0 Å². The van der Waals surface area contributed by atoms with E-state index >= 15 is 0 Å². The summed E-state index contributed by atoms with van der Waals surface area (Å²) in [5, 5.41) is 0. The molecule has 0 amide bonds. The topological polar surface area (TPSA) is 9.23 Å². The van der Waals surface area contributed by atoms with E-state index in [9.17, 15) is 0 Å². The van der Waals surface area contributed by atoms with E-state index in [1.54, 1.807) is 6.92 Å². The van der Waals surface area contributed by atoms with Crippen LogP contribution in [-0.2, 0) is 4.74 Å². The van der Waals surface area contributed by atoms with Gasteiger partial charge in [0.2, 0.25) is 0 Å². The summed E-state index contributed by atoms with van der Waals surface area (Å²) in [4.78, 5) is 0. The maximum Gasteiger partial charge on any atom is 0.129 e. The number of hydrogen-bond donors (Lipinski definition) is 0. The number of ether oxygens (including phenoxy) is 1. The third kappa shape index (κ3) is 2.35. The van der Waals surface area contributed by atoms with E-state index < -0.39 is 0 Å². The molecule has 1 aromatic rings. The van der Waals surface area contributed by atoms with Crippen LogP contribution in [0.2, 0.25) is 0 Å². The highest BCUT2D eigenvalue weighted by molar-refractivity contribution is 5.16. The molecule has 1 aromatic carbocycles. The molecule has 1 atom stereocenters. The van der Waals surface area contributed by atoms with Crippen LogP contribution in [0, 0.1) is 6.61 Å². The van der Waals surface area contributed by atoms with Gasteiger partial charge in [0.1, 0.15) is 6.61 Å². The van der Waals surface area contributed by atoms with Crippen LogP contribution < -0.4 is 0 Å². The van der Waals surface area contributed by atoms with Gasteiger partial charge in [0.05, 0.1) is 6.10 Å². The molecule has 0 aliphatic carbocycles. The van der Waals surface area contributed by atoms with Crippen LogP contribution in [0.1, 0.15) is 25.5 Å². The molecule has 0 bridgehead atoms. The zero-order chi connectivity index (χ0) is 8.10. The molecule has 0 spiro atoms. The molecule has 58 valence electrons. The Morgan fingerprint density at radius 3 is 2.45 bits per heavy atom. The Kier molecular flexibility index (Phi) is 3.12. The number of rotatable bonds is 3. The van der Waals surface area contributed by atoms with Crippen LogP contribution in [0.5, 0.6) is 0 Å². The summed E-state index contributed by atoms with van der Waals surface area (Å²) in [7, 11) is 0. The maximum absolute atomic E-state index is 5.18. The van der Waals surface area contributed by atoms with Crippen molar-refractivity contribution in [1.82, 2.24) is 0 Å². The third-order valence-corrected chi connectivity index (χ3v) is 1.56. The van der Waals surface area contributed by atoms with Gasteiger partial charge in [-0.2, -0.15) is 0 Å². The summed E-state index contributed by atoms with van der Waals surface area (Å²) in [6.07, 6.45) is 0.112. The average Bonchev–Trinajstić information content (AvgIpc) is 2.07. The second-order valence-corrected chi connectivity index (χ2v) is 2.37. The fraction of sp³-hybridized carbons (Fsp3) is 0.300. The summed E-state index contributed by atoms with van der Waals surface area (Å²) in [6.45, 7) is 6.44. The zero-order valence-electron chi connectivity index (χ0n) is 6.87. The normalized spacial score (nSPS) is 12.9. The molecule has 0 saturated carbocycles. The van der Waals surface area contributed by atoms with Gasteiger partial charge in [-0.25, -0.2) is 0 Å². The van der Waals surface area contributed by atoms with E-state index in [4.69, 9.17) is 4.74 Å². The monoisotopic (exact) mass is 148 g/mol. The molecule has 0 aliphatic rings. The lowest BCUT2D eigenvalue weighted by Gasteiger charge is -2.09. The van der Waals surface area contributed by atoms with Crippen molar-refractivity contribution in [2.45, 2.75) is 20.0 Å².